The van der Waals surface area contributed by atoms with Crippen molar-refractivity contribution in [2.75, 3.05) is 13.7 Å². The normalized spacial score (nSPS) is 14.7. The van der Waals surface area contributed by atoms with Gasteiger partial charge in [-0.25, -0.2) is 14.0 Å². The van der Waals surface area contributed by atoms with Gasteiger partial charge in [0.25, 0.3) is 0 Å². The number of hydrogen-bond donors (Lipinski definition) is 0. The molecular formula is C22H17BrF7NO5. The third-order valence-corrected chi connectivity index (χ3v) is 5.28. The zero-order valence-corrected chi connectivity index (χ0v) is 19.7. The molecule has 6 nitrogen and oxygen atoms in total. The predicted molar refractivity (Wildman–Crippen MR) is 115 cm³/mol. The van der Waals surface area contributed by atoms with Crippen LogP contribution < -0.4 is 0 Å². The van der Waals surface area contributed by atoms with E-state index in [4.69, 9.17) is 9.47 Å². The summed E-state index contributed by atoms with van der Waals surface area (Å²) in [6, 6.07) is 6.09. The highest BCUT2D eigenvalue weighted by molar-refractivity contribution is 9.09. The van der Waals surface area contributed by atoms with Gasteiger partial charge >= 0.3 is 24.3 Å². The standard InChI is InChI=1S/C22H17BrF7NO5/c1-34-31-10-17(24)18(36-20(33)13-4-8-15(9-5-13)22(28,29)30)16(23)11-35-19(32)12-2-6-14(7-3-12)21(25,26)27/h2-10,16-18H,11H2,1H3/b31-10+. The molecule has 0 aliphatic carbocycles. The van der Waals surface area contributed by atoms with Gasteiger partial charge < -0.3 is 14.3 Å². The van der Waals surface area contributed by atoms with Crippen LogP contribution in [0.2, 0.25) is 0 Å². The van der Waals surface area contributed by atoms with Crippen molar-refractivity contribution in [3.63, 3.8) is 0 Å². The van der Waals surface area contributed by atoms with Crippen LogP contribution in [-0.2, 0) is 26.7 Å². The van der Waals surface area contributed by atoms with Crippen LogP contribution in [-0.4, -0.2) is 49.0 Å². The van der Waals surface area contributed by atoms with Crippen molar-refractivity contribution in [3.8, 4) is 0 Å². The minimum atomic E-state index is -4.64. The van der Waals surface area contributed by atoms with E-state index in [9.17, 15) is 40.3 Å². The van der Waals surface area contributed by atoms with E-state index in [1.165, 1.54) is 0 Å². The highest BCUT2D eigenvalue weighted by atomic mass is 79.9. The van der Waals surface area contributed by atoms with Crippen LogP contribution in [0.25, 0.3) is 0 Å². The lowest BCUT2D eigenvalue weighted by atomic mass is 10.1. The molecule has 0 amide bonds. The van der Waals surface area contributed by atoms with Crippen molar-refractivity contribution < 1.29 is 54.6 Å². The zero-order valence-electron chi connectivity index (χ0n) is 18.1. The van der Waals surface area contributed by atoms with Crippen molar-refractivity contribution in [3.05, 3.63) is 70.8 Å². The number of hydrogen-bond acceptors (Lipinski definition) is 6. The van der Waals surface area contributed by atoms with Crippen LogP contribution in [0.1, 0.15) is 31.8 Å². The van der Waals surface area contributed by atoms with Crippen molar-refractivity contribution >= 4 is 34.1 Å². The topological polar surface area (TPSA) is 74.2 Å². The van der Waals surface area contributed by atoms with E-state index in [1.807, 2.05) is 0 Å². The highest BCUT2D eigenvalue weighted by Crippen LogP contribution is 2.30. The van der Waals surface area contributed by atoms with E-state index in [-0.39, 0.29) is 11.1 Å². The number of carbonyl (C=O) groups excluding carboxylic acids is 2. The Bertz CT molecular complexity index is 1060. The Kier molecular flexibility index (Phi) is 9.85. The molecule has 0 aliphatic rings. The van der Waals surface area contributed by atoms with Gasteiger partial charge in [0, 0.05) is 0 Å². The molecule has 0 aromatic heterocycles. The second-order valence-electron chi connectivity index (χ2n) is 7.02. The third kappa shape index (κ3) is 8.21. The summed E-state index contributed by atoms with van der Waals surface area (Å²) in [6.45, 7) is -0.605. The fourth-order valence-electron chi connectivity index (χ4n) is 2.66. The van der Waals surface area contributed by atoms with Crippen LogP contribution in [0.15, 0.2) is 53.7 Å². The Morgan fingerprint density at radius 2 is 1.33 bits per heavy atom. The maximum Gasteiger partial charge on any atom is 0.416 e. The lowest BCUT2D eigenvalue weighted by Gasteiger charge is -2.24. The molecule has 0 N–H and O–H groups in total. The fourth-order valence-corrected chi connectivity index (χ4v) is 3.19. The molecule has 0 saturated heterocycles. The number of alkyl halides is 8. The first-order valence-electron chi connectivity index (χ1n) is 9.81. The van der Waals surface area contributed by atoms with Gasteiger partial charge in [-0.15, -0.1) is 0 Å². The van der Waals surface area contributed by atoms with E-state index in [0.29, 0.717) is 30.5 Å². The van der Waals surface area contributed by atoms with E-state index >= 15 is 0 Å². The molecule has 2 rings (SSSR count). The number of nitrogens with zero attached hydrogens (tertiary/aromatic N) is 1. The molecule has 2 aromatic carbocycles. The second-order valence-corrected chi connectivity index (χ2v) is 8.19. The molecule has 0 saturated carbocycles. The van der Waals surface area contributed by atoms with E-state index in [2.05, 4.69) is 25.9 Å². The molecule has 0 radical (unpaired) electrons. The van der Waals surface area contributed by atoms with Crippen molar-refractivity contribution in [1.82, 2.24) is 0 Å². The largest absolute Gasteiger partial charge is 0.461 e. The van der Waals surface area contributed by atoms with E-state index < -0.39 is 59.1 Å². The Labute approximate surface area is 208 Å². The smallest absolute Gasteiger partial charge is 0.416 e. The van der Waals surface area contributed by atoms with Crippen LogP contribution in [0, 0.1) is 0 Å². The van der Waals surface area contributed by atoms with Gasteiger partial charge in [-0.3, -0.25) is 0 Å². The number of oxime groups is 1. The Morgan fingerprint density at radius 3 is 1.75 bits per heavy atom. The molecule has 3 atom stereocenters. The van der Waals surface area contributed by atoms with Gasteiger partial charge in [0.05, 0.1) is 33.3 Å². The first-order valence-corrected chi connectivity index (χ1v) is 10.7. The first kappa shape index (κ1) is 29.1. The molecule has 0 spiro atoms. The Hall–Kier alpha value is -3.16. The average Bonchev–Trinajstić information content (AvgIpc) is 2.83. The molecule has 0 heterocycles. The number of halogens is 8. The summed E-state index contributed by atoms with van der Waals surface area (Å²) >= 11 is 3.02. The van der Waals surface area contributed by atoms with Gasteiger partial charge in [-0.05, 0) is 48.5 Å². The summed E-state index contributed by atoms with van der Waals surface area (Å²) in [7, 11) is 1.11. The van der Waals surface area contributed by atoms with Crippen molar-refractivity contribution in [2.24, 2.45) is 5.16 Å². The SMILES string of the molecule is CO/N=C/C(F)C(OC(=O)c1ccc(C(F)(F)F)cc1)C(Br)COC(=O)c1ccc(C(F)(F)F)cc1. The summed E-state index contributed by atoms with van der Waals surface area (Å²) in [6.07, 6.45) is -12.4. The summed E-state index contributed by atoms with van der Waals surface area (Å²) in [5, 5.41) is 3.23. The monoisotopic (exact) mass is 587 g/mol. The summed E-state index contributed by atoms with van der Waals surface area (Å²) in [5.41, 5.74) is -2.53. The maximum atomic E-state index is 14.7. The van der Waals surface area contributed by atoms with Crippen molar-refractivity contribution in [1.29, 1.82) is 0 Å². The fraction of sp³-hybridized carbons (Fsp3) is 0.318. The quantitative estimate of drug-likeness (QED) is 0.121. The zero-order chi connectivity index (χ0) is 27.1. The molecule has 14 heteroatoms. The number of benzene rings is 2. The molecule has 0 aliphatic heterocycles. The van der Waals surface area contributed by atoms with E-state index in [1.54, 1.807) is 0 Å². The van der Waals surface area contributed by atoms with Gasteiger partial charge in [0.1, 0.15) is 13.7 Å². The summed E-state index contributed by atoms with van der Waals surface area (Å²) in [5.74, 6) is -2.22. The Balaban J connectivity index is 2.11. The molecule has 3 unspecified atom stereocenters. The predicted octanol–water partition coefficient (Wildman–Crippen LogP) is 5.84. The lowest BCUT2D eigenvalue weighted by molar-refractivity contribution is -0.138. The van der Waals surface area contributed by atoms with Gasteiger partial charge in [0.2, 0.25) is 0 Å². The van der Waals surface area contributed by atoms with Crippen molar-refractivity contribution in [2.45, 2.75) is 29.5 Å². The number of rotatable bonds is 9. The summed E-state index contributed by atoms with van der Waals surface area (Å²) < 4.78 is 101. The number of carbonyl (C=O) groups is 2. The van der Waals surface area contributed by atoms with Gasteiger partial charge in [-0.1, -0.05) is 21.1 Å². The maximum absolute atomic E-state index is 14.7. The van der Waals surface area contributed by atoms with Crippen LogP contribution in [0.4, 0.5) is 30.7 Å². The van der Waals surface area contributed by atoms with Gasteiger partial charge in [0.15, 0.2) is 12.3 Å². The third-order valence-electron chi connectivity index (χ3n) is 4.49. The van der Waals surface area contributed by atoms with Crippen LogP contribution >= 0.6 is 15.9 Å². The second kappa shape index (κ2) is 12.2. The van der Waals surface area contributed by atoms with Crippen LogP contribution in [0.5, 0.6) is 0 Å². The van der Waals surface area contributed by atoms with Gasteiger partial charge in [-0.2, -0.15) is 26.3 Å². The highest BCUT2D eigenvalue weighted by Gasteiger charge is 2.34. The minimum Gasteiger partial charge on any atom is -0.461 e. The first-order chi connectivity index (χ1) is 16.7. The molecule has 196 valence electrons. The average molecular weight is 588 g/mol. The molecule has 36 heavy (non-hydrogen) atoms. The minimum absolute atomic E-state index is 0.223. The number of ether oxygens (including phenoxy) is 2. The lowest BCUT2D eigenvalue weighted by Crippen LogP contribution is -2.39. The molecule has 0 bridgehead atoms. The Morgan fingerprint density at radius 1 is 0.889 bits per heavy atom. The summed E-state index contributed by atoms with van der Waals surface area (Å²) in [4.78, 5) is 27.7. The van der Waals surface area contributed by atoms with Crippen LogP contribution in [0.3, 0.4) is 0 Å². The van der Waals surface area contributed by atoms with E-state index in [0.717, 1.165) is 31.4 Å². The molecule has 0 fully saturated rings. The number of esters is 2. The molecular weight excluding hydrogens is 571 g/mol. The molecule has 2 aromatic rings.